The number of hydrogen-bond acceptors (Lipinski definition) is 6. The second kappa shape index (κ2) is 5.15. The molecule has 1 heterocycles. The number of nitrogen functional groups attached to an aromatic ring is 1. The molecule has 0 amide bonds. The first kappa shape index (κ1) is 13.0. The largest absolute Gasteiger partial charge is 0.506 e. The molecule has 0 radical (unpaired) electrons. The summed E-state index contributed by atoms with van der Waals surface area (Å²) in [5, 5.41) is 13.5. The number of nitrogens with two attached hydrogens (primary N) is 1. The fourth-order valence-corrected chi connectivity index (χ4v) is 2.76. The average molecular weight is 307 g/mol. The Labute approximate surface area is 125 Å². The average Bonchev–Trinajstić information content (AvgIpc) is 2.42. The van der Waals surface area contributed by atoms with Crippen molar-refractivity contribution in [1.29, 1.82) is 0 Å². The Morgan fingerprint density at radius 2 is 2.00 bits per heavy atom. The molecule has 0 aromatic heterocycles. The standard InChI is InChI=1S/C13H11ClN4OS/c14-7-5-10(19)12-11(6-7)20-18-13(17-12)16-9-3-1-8(15)2-4-9/h1-6,19H,15H2,(H2,16,17,18). The van der Waals surface area contributed by atoms with Crippen molar-refractivity contribution in [3.8, 4) is 5.75 Å². The number of rotatable bonds is 1. The van der Waals surface area contributed by atoms with E-state index in [0.29, 0.717) is 22.4 Å². The van der Waals surface area contributed by atoms with Crippen molar-refractivity contribution in [2.24, 2.45) is 4.99 Å². The van der Waals surface area contributed by atoms with E-state index in [9.17, 15) is 5.11 Å². The fraction of sp³-hybridized carbons (Fsp3) is 0. The van der Waals surface area contributed by atoms with Crippen LogP contribution in [0.25, 0.3) is 0 Å². The molecule has 2 aromatic carbocycles. The number of phenols is 1. The van der Waals surface area contributed by atoms with Crippen molar-refractivity contribution >= 4 is 46.6 Å². The minimum absolute atomic E-state index is 0.0538. The number of nitrogens with one attached hydrogen (secondary N) is 2. The molecular weight excluding hydrogens is 296 g/mol. The molecule has 0 aliphatic carbocycles. The van der Waals surface area contributed by atoms with Gasteiger partial charge >= 0.3 is 0 Å². The van der Waals surface area contributed by atoms with Crippen LogP contribution >= 0.6 is 23.5 Å². The summed E-state index contributed by atoms with van der Waals surface area (Å²) in [6.07, 6.45) is 0. The van der Waals surface area contributed by atoms with Crippen LogP contribution in [0.1, 0.15) is 0 Å². The number of aromatic hydroxyl groups is 1. The number of halogens is 1. The van der Waals surface area contributed by atoms with Gasteiger partial charge in [0.25, 0.3) is 0 Å². The lowest BCUT2D eigenvalue weighted by Gasteiger charge is -2.18. The maximum atomic E-state index is 9.88. The SMILES string of the molecule is Nc1ccc(NC2=Nc3c(O)cc(Cl)cc3SN2)cc1. The molecule has 1 aliphatic rings. The van der Waals surface area contributed by atoms with Crippen LogP contribution in [0.4, 0.5) is 17.1 Å². The minimum Gasteiger partial charge on any atom is -0.506 e. The Hall–Kier alpha value is -2.05. The van der Waals surface area contributed by atoms with Crippen LogP contribution in [0.5, 0.6) is 5.75 Å². The first-order chi connectivity index (χ1) is 9.61. The Kier molecular flexibility index (Phi) is 3.33. The summed E-state index contributed by atoms with van der Waals surface area (Å²) < 4.78 is 3.05. The highest BCUT2D eigenvalue weighted by atomic mass is 35.5. The maximum Gasteiger partial charge on any atom is 0.211 e. The zero-order chi connectivity index (χ0) is 14.1. The molecule has 0 bridgehead atoms. The summed E-state index contributed by atoms with van der Waals surface area (Å²) in [7, 11) is 0. The molecule has 5 N–H and O–H groups in total. The molecule has 0 spiro atoms. The highest BCUT2D eigenvalue weighted by Crippen LogP contribution is 2.40. The van der Waals surface area contributed by atoms with Crippen molar-refractivity contribution < 1.29 is 5.11 Å². The van der Waals surface area contributed by atoms with Crippen LogP contribution in [-0.4, -0.2) is 11.1 Å². The lowest BCUT2D eigenvalue weighted by atomic mass is 10.3. The summed E-state index contributed by atoms with van der Waals surface area (Å²) in [6.45, 7) is 0. The number of aliphatic imine (C=N–C) groups is 1. The molecular formula is C13H11ClN4OS. The lowest BCUT2D eigenvalue weighted by Crippen LogP contribution is -2.26. The summed E-state index contributed by atoms with van der Waals surface area (Å²) in [5.41, 5.74) is 7.68. The lowest BCUT2D eigenvalue weighted by molar-refractivity contribution is 0.475. The van der Waals surface area contributed by atoms with Crippen molar-refractivity contribution in [2.75, 3.05) is 11.1 Å². The molecule has 0 unspecified atom stereocenters. The van der Waals surface area contributed by atoms with Crippen molar-refractivity contribution in [3.05, 3.63) is 41.4 Å². The van der Waals surface area contributed by atoms with Gasteiger partial charge in [-0.2, -0.15) is 0 Å². The predicted octanol–water partition coefficient (Wildman–Crippen LogP) is 3.34. The van der Waals surface area contributed by atoms with E-state index in [1.165, 1.54) is 18.0 Å². The van der Waals surface area contributed by atoms with E-state index in [4.69, 9.17) is 17.3 Å². The smallest absolute Gasteiger partial charge is 0.211 e. The van der Waals surface area contributed by atoms with Crippen LogP contribution in [0.3, 0.4) is 0 Å². The van der Waals surface area contributed by atoms with Gasteiger partial charge in [-0.25, -0.2) is 4.99 Å². The van der Waals surface area contributed by atoms with Crippen LogP contribution < -0.4 is 15.8 Å². The van der Waals surface area contributed by atoms with Gasteiger partial charge in [-0.15, -0.1) is 0 Å². The summed E-state index contributed by atoms with van der Waals surface area (Å²) in [4.78, 5) is 5.11. The Bertz CT molecular complexity index is 688. The molecule has 0 saturated heterocycles. The molecule has 0 saturated carbocycles. The zero-order valence-electron chi connectivity index (χ0n) is 10.2. The first-order valence-electron chi connectivity index (χ1n) is 5.78. The Balaban J connectivity index is 1.89. The number of fused-ring (bicyclic) bond motifs is 1. The fourth-order valence-electron chi connectivity index (χ4n) is 1.75. The van der Waals surface area contributed by atoms with Crippen LogP contribution in [0.15, 0.2) is 46.3 Å². The van der Waals surface area contributed by atoms with Crippen molar-refractivity contribution in [2.45, 2.75) is 4.90 Å². The topological polar surface area (TPSA) is 82.7 Å². The first-order valence-corrected chi connectivity index (χ1v) is 6.98. The molecule has 102 valence electrons. The van der Waals surface area contributed by atoms with E-state index in [1.807, 2.05) is 12.1 Å². The predicted molar refractivity (Wildman–Crippen MR) is 83.7 cm³/mol. The van der Waals surface area contributed by atoms with Crippen LogP contribution in [0.2, 0.25) is 5.02 Å². The quantitative estimate of drug-likeness (QED) is 0.480. The summed E-state index contributed by atoms with van der Waals surface area (Å²) in [5.74, 6) is 0.586. The third kappa shape index (κ3) is 2.61. The van der Waals surface area contributed by atoms with Gasteiger partial charge in [0.15, 0.2) is 0 Å². The van der Waals surface area contributed by atoms with Gasteiger partial charge < -0.3 is 16.2 Å². The van der Waals surface area contributed by atoms with E-state index in [0.717, 1.165) is 10.6 Å². The highest BCUT2D eigenvalue weighted by molar-refractivity contribution is 7.98. The molecule has 0 fully saturated rings. The molecule has 0 atom stereocenters. The second-order valence-corrected chi connectivity index (χ2v) is 5.47. The zero-order valence-corrected chi connectivity index (χ0v) is 11.8. The molecule has 2 aromatic rings. The number of anilines is 2. The normalized spacial score (nSPS) is 13.2. The molecule has 3 rings (SSSR count). The molecule has 20 heavy (non-hydrogen) atoms. The number of phenolic OH excluding ortho intramolecular Hbond substituents is 1. The van der Waals surface area contributed by atoms with Crippen molar-refractivity contribution in [1.82, 2.24) is 4.72 Å². The summed E-state index contributed by atoms with van der Waals surface area (Å²) >= 11 is 7.22. The van der Waals surface area contributed by atoms with Gasteiger partial charge in [0.05, 0.1) is 4.90 Å². The number of benzene rings is 2. The Morgan fingerprint density at radius 1 is 1.25 bits per heavy atom. The van der Waals surface area contributed by atoms with Crippen molar-refractivity contribution in [3.63, 3.8) is 0 Å². The third-order valence-corrected chi connectivity index (χ3v) is 3.72. The van der Waals surface area contributed by atoms with Gasteiger partial charge in [-0.05, 0) is 42.3 Å². The van der Waals surface area contributed by atoms with Gasteiger partial charge in [0, 0.05) is 22.5 Å². The van der Waals surface area contributed by atoms with E-state index in [-0.39, 0.29) is 5.75 Å². The van der Waals surface area contributed by atoms with Gasteiger partial charge in [-0.3, -0.25) is 4.72 Å². The molecule has 1 aliphatic heterocycles. The summed E-state index contributed by atoms with van der Waals surface area (Å²) in [6, 6.07) is 10.5. The van der Waals surface area contributed by atoms with E-state index >= 15 is 0 Å². The van der Waals surface area contributed by atoms with Gasteiger partial charge in [0.1, 0.15) is 11.4 Å². The minimum atomic E-state index is 0.0538. The van der Waals surface area contributed by atoms with Gasteiger partial charge in [-0.1, -0.05) is 11.6 Å². The molecule has 5 nitrogen and oxygen atoms in total. The third-order valence-electron chi connectivity index (χ3n) is 2.67. The monoisotopic (exact) mass is 306 g/mol. The Morgan fingerprint density at radius 3 is 2.75 bits per heavy atom. The van der Waals surface area contributed by atoms with Gasteiger partial charge in [0.2, 0.25) is 5.96 Å². The molecule has 7 heteroatoms. The number of hydrogen-bond donors (Lipinski definition) is 4. The van der Waals surface area contributed by atoms with E-state index in [1.54, 1.807) is 18.2 Å². The number of guanidine groups is 1. The van der Waals surface area contributed by atoms with Crippen LogP contribution in [-0.2, 0) is 0 Å². The maximum absolute atomic E-state index is 9.88. The number of nitrogens with zero attached hydrogens (tertiary/aromatic N) is 1. The highest BCUT2D eigenvalue weighted by Gasteiger charge is 2.16. The van der Waals surface area contributed by atoms with Crippen LogP contribution in [0, 0.1) is 0 Å². The van der Waals surface area contributed by atoms with E-state index in [2.05, 4.69) is 15.0 Å². The van der Waals surface area contributed by atoms with E-state index < -0.39 is 0 Å². The second-order valence-electron chi connectivity index (χ2n) is 4.18.